The van der Waals surface area contributed by atoms with E-state index < -0.39 is 0 Å². The first-order valence-electron chi connectivity index (χ1n) is 5.15. The van der Waals surface area contributed by atoms with Gasteiger partial charge in [0, 0.05) is 17.4 Å². The van der Waals surface area contributed by atoms with Gasteiger partial charge in [0.15, 0.2) is 5.16 Å². The van der Waals surface area contributed by atoms with Gasteiger partial charge in [-0.3, -0.25) is 4.57 Å². The summed E-state index contributed by atoms with van der Waals surface area (Å²) in [6, 6.07) is 5.93. The van der Waals surface area contributed by atoms with Crippen LogP contribution in [0.1, 0.15) is 12.5 Å². The normalized spacial score (nSPS) is 10.7. The molecule has 0 atom stereocenters. The molecule has 1 aromatic carbocycles. The van der Waals surface area contributed by atoms with Gasteiger partial charge in [0.2, 0.25) is 0 Å². The molecule has 0 fully saturated rings. The summed E-state index contributed by atoms with van der Waals surface area (Å²) < 4.78 is 2.08. The Morgan fingerprint density at radius 1 is 1.44 bits per heavy atom. The molecule has 0 saturated carbocycles. The Labute approximate surface area is 105 Å². The number of nitrogens with zero attached hydrogens (tertiary/aromatic N) is 2. The fraction of sp³-hybridized carbons (Fsp3) is 0.250. The second-order valence-electron chi connectivity index (χ2n) is 3.40. The van der Waals surface area contributed by atoms with Crippen LogP contribution in [0.4, 0.5) is 0 Å². The summed E-state index contributed by atoms with van der Waals surface area (Å²) in [4.78, 5) is 4.34. The minimum atomic E-state index is 0.790. The van der Waals surface area contributed by atoms with Gasteiger partial charge in [-0.25, -0.2) is 4.98 Å². The van der Waals surface area contributed by atoms with Gasteiger partial charge >= 0.3 is 0 Å². The number of hydrogen-bond donors (Lipinski definition) is 0. The summed E-state index contributed by atoms with van der Waals surface area (Å²) >= 11 is 7.85. The Bertz CT molecular complexity index is 494. The first kappa shape index (κ1) is 11.6. The highest BCUT2D eigenvalue weighted by Gasteiger charge is 2.08. The summed E-state index contributed by atoms with van der Waals surface area (Å²) in [7, 11) is 0. The van der Waals surface area contributed by atoms with Crippen molar-refractivity contribution in [2.75, 3.05) is 5.75 Å². The summed E-state index contributed by atoms with van der Waals surface area (Å²) in [5.41, 5.74) is 2.18. The zero-order chi connectivity index (χ0) is 11.5. The van der Waals surface area contributed by atoms with Gasteiger partial charge < -0.3 is 0 Å². The monoisotopic (exact) mass is 252 g/mol. The zero-order valence-corrected chi connectivity index (χ0v) is 10.8. The summed E-state index contributed by atoms with van der Waals surface area (Å²) in [6.07, 6.45) is 3.79. The molecule has 0 radical (unpaired) electrons. The molecule has 1 aromatic heterocycles. The summed E-state index contributed by atoms with van der Waals surface area (Å²) in [6.45, 7) is 4.15. The SMILES string of the molecule is CCSc1nccn1-c1cccc(Cl)c1C. The first-order valence-corrected chi connectivity index (χ1v) is 6.52. The topological polar surface area (TPSA) is 17.8 Å². The molecule has 84 valence electrons. The Balaban J connectivity index is 2.50. The Kier molecular flexibility index (Phi) is 3.56. The lowest BCUT2D eigenvalue weighted by Gasteiger charge is -2.10. The van der Waals surface area contributed by atoms with Crippen LogP contribution in [0.2, 0.25) is 5.02 Å². The molecule has 1 heterocycles. The molecule has 4 heteroatoms. The van der Waals surface area contributed by atoms with Crippen LogP contribution in [0.15, 0.2) is 35.7 Å². The van der Waals surface area contributed by atoms with Gasteiger partial charge in [-0.05, 0) is 30.4 Å². The van der Waals surface area contributed by atoms with E-state index in [1.165, 1.54) is 0 Å². The Morgan fingerprint density at radius 3 is 3.00 bits per heavy atom. The highest BCUT2D eigenvalue weighted by Crippen LogP contribution is 2.26. The van der Waals surface area contributed by atoms with E-state index >= 15 is 0 Å². The van der Waals surface area contributed by atoms with Gasteiger partial charge in [-0.2, -0.15) is 0 Å². The molecule has 0 unspecified atom stereocenters. The van der Waals surface area contributed by atoms with Crippen molar-refractivity contribution < 1.29 is 0 Å². The van der Waals surface area contributed by atoms with E-state index in [0.29, 0.717) is 0 Å². The third-order valence-electron chi connectivity index (χ3n) is 2.38. The highest BCUT2D eigenvalue weighted by molar-refractivity contribution is 7.99. The third kappa shape index (κ3) is 2.11. The third-order valence-corrected chi connectivity index (χ3v) is 3.64. The maximum Gasteiger partial charge on any atom is 0.172 e. The smallest absolute Gasteiger partial charge is 0.172 e. The largest absolute Gasteiger partial charge is 0.295 e. The van der Waals surface area contributed by atoms with Crippen LogP contribution in [-0.2, 0) is 0 Å². The average Bonchev–Trinajstić information content (AvgIpc) is 2.71. The highest BCUT2D eigenvalue weighted by atomic mass is 35.5. The minimum Gasteiger partial charge on any atom is -0.295 e. The number of benzene rings is 1. The molecule has 0 N–H and O–H groups in total. The molecular weight excluding hydrogens is 240 g/mol. The lowest BCUT2D eigenvalue weighted by Crippen LogP contribution is -1.98. The molecule has 2 aromatic rings. The minimum absolute atomic E-state index is 0.790. The predicted molar refractivity (Wildman–Crippen MR) is 69.7 cm³/mol. The van der Waals surface area contributed by atoms with E-state index in [0.717, 1.165) is 27.2 Å². The van der Waals surface area contributed by atoms with E-state index in [1.807, 2.05) is 31.5 Å². The zero-order valence-electron chi connectivity index (χ0n) is 9.27. The number of hydrogen-bond acceptors (Lipinski definition) is 2. The number of aromatic nitrogens is 2. The van der Waals surface area contributed by atoms with E-state index in [4.69, 9.17) is 11.6 Å². The number of thioether (sulfide) groups is 1. The molecule has 2 nitrogen and oxygen atoms in total. The van der Waals surface area contributed by atoms with Crippen molar-refractivity contribution in [3.63, 3.8) is 0 Å². The van der Waals surface area contributed by atoms with E-state index in [-0.39, 0.29) is 0 Å². The second kappa shape index (κ2) is 4.93. The van der Waals surface area contributed by atoms with Crippen LogP contribution in [0.25, 0.3) is 5.69 Å². The maximum absolute atomic E-state index is 6.12. The van der Waals surface area contributed by atoms with Crippen LogP contribution in [0, 0.1) is 6.92 Å². The summed E-state index contributed by atoms with van der Waals surface area (Å²) in [5.74, 6) is 1.01. The van der Waals surface area contributed by atoms with Crippen LogP contribution in [0.5, 0.6) is 0 Å². The van der Waals surface area contributed by atoms with Crippen molar-refractivity contribution in [2.24, 2.45) is 0 Å². The predicted octanol–water partition coefficient (Wildman–Crippen LogP) is 3.95. The molecule has 0 aliphatic carbocycles. The quantitative estimate of drug-likeness (QED) is 0.770. The molecule has 0 spiro atoms. The number of halogens is 1. The molecule has 16 heavy (non-hydrogen) atoms. The van der Waals surface area contributed by atoms with Gasteiger partial charge in [-0.1, -0.05) is 36.4 Å². The fourth-order valence-electron chi connectivity index (χ4n) is 1.57. The van der Waals surface area contributed by atoms with Gasteiger partial charge in [0.1, 0.15) is 0 Å². The lowest BCUT2D eigenvalue weighted by atomic mass is 10.2. The Morgan fingerprint density at radius 2 is 2.25 bits per heavy atom. The van der Waals surface area contributed by atoms with Crippen molar-refractivity contribution in [3.05, 3.63) is 41.2 Å². The second-order valence-corrected chi connectivity index (χ2v) is 5.04. The molecular formula is C12H13ClN2S. The van der Waals surface area contributed by atoms with Crippen molar-refractivity contribution in [1.82, 2.24) is 9.55 Å². The Hall–Kier alpha value is -0.930. The van der Waals surface area contributed by atoms with Gasteiger partial charge in [0.25, 0.3) is 0 Å². The van der Waals surface area contributed by atoms with E-state index in [9.17, 15) is 0 Å². The molecule has 0 aliphatic heterocycles. The van der Waals surface area contributed by atoms with Gasteiger partial charge in [-0.15, -0.1) is 0 Å². The number of rotatable bonds is 3. The number of imidazole rings is 1. The van der Waals surface area contributed by atoms with Crippen LogP contribution < -0.4 is 0 Å². The first-order chi connectivity index (χ1) is 7.74. The molecule has 2 rings (SSSR count). The maximum atomic E-state index is 6.12. The van der Waals surface area contributed by atoms with Crippen molar-refractivity contribution in [1.29, 1.82) is 0 Å². The van der Waals surface area contributed by atoms with E-state index in [2.05, 4.69) is 22.5 Å². The average molecular weight is 253 g/mol. The molecule has 0 saturated heterocycles. The molecule has 0 bridgehead atoms. The standard InChI is InChI=1S/C12H13ClN2S/c1-3-16-12-14-7-8-15(12)11-6-4-5-10(13)9(11)2/h4-8H,3H2,1-2H3. The van der Waals surface area contributed by atoms with Gasteiger partial charge in [0.05, 0.1) is 5.69 Å². The van der Waals surface area contributed by atoms with Crippen molar-refractivity contribution >= 4 is 23.4 Å². The van der Waals surface area contributed by atoms with E-state index in [1.54, 1.807) is 11.8 Å². The fourth-order valence-corrected chi connectivity index (χ4v) is 2.43. The van der Waals surface area contributed by atoms with Crippen LogP contribution in [0.3, 0.4) is 0 Å². The van der Waals surface area contributed by atoms with Crippen molar-refractivity contribution in [2.45, 2.75) is 19.0 Å². The van der Waals surface area contributed by atoms with Crippen LogP contribution in [-0.4, -0.2) is 15.3 Å². The van der Waals surface area contributed by atoms with Crippen LogP contribution >= 0.6 is 23.4 Å². The van der Waals surface area contributed by atoms with Crippen molar-refractivity contribution in [3.8, 4) is 5.69 Å². The molecule has 0 amide bonds. The molecule has 0 aliphatic rings. The summed E-state index contributed by atoms with van der Waals surface area (Å²) in [5, 5.41) is 1.80. The lowest BCUT2D eigenvalue weighted by molar-refractivity contribution is 0.888.